The van der Waals surface area contributed by atoms with Gasteiger partial charge in [-0.15, -0.1) is 0 Å². The molecule has 1 atom stereocenters. The predicted octanol–water partition coefficient (Wildman–Crippen LogP) is 4.99. The number of carbonyl (C=O) groups excluding carboxylic acids is 1. The Kier molecular flexibility index (Phi) is 9.05. The van der Waals surface area contributed by atoms with Crippen molar-refractivity contribution in [3.8, 4) is 11.5 Å². The van der Waals surface area contributed by atoms with Crippen molar-refractivity contribution >= 4 is 29.1 Å². The number of rotatable bonds is 10. The number of carbonyl (C=O) groups is 1. The van der Waals surface area contributed by atoms with Gasteiger partial charge < -0.3 is 14.2 Å². The Morgan fingerprint density at radius 2 is 1.73 bits per heavy atom. The quantitative estimate of drug-likeness (QED) is 0.140. The Hall–Kier alpha value is -5.03. The third-order valence-electron chi connectivity index (χ3n) is 7.02. The van der Waals surface area contributed by atoms with Gasteiger partial charge in [0, 0.05) is 12.1 Å². The van der Waals surface area contributed by atoms with Crippen LogP contribution in [0.5, 0.6) is 11.5 Å². The van der Waals surface area contributed by atoms with Crippen molar-refractivity contribution in [3.05, 3.63) is 130 Å². The summed E-state index contributed by atoms with van der Waals surface area (Å²) in [5.41, 5.74) is 3.91. The standard InChI is InChI=1S/C33H31N3O7S/c1-5-41-27-17-23(11-16-26(27)43-19-22-9-14-25(15-10-22)36(39)40)18-28-31(37)35-30(24-12-7-20(3)8-13-24)29(32(38)42-6-2)21(4)34-33(35)44-28/h7-18,30H,5-6,19H2,1-4H3/b28-18-/t30-/m1/s1. The number of aryl methyl sites for hydroxylation is 1. The summed E-state index contributed by atoms with van der Waals surface area (Å²) < 4.78 is 19.2. The smallest absolute Gasteiger partial charge is 0.338 e. The van der Waals surface area contributed by atoms with Gasteiger partial charge >= 0.3 is 5.97 Å². The van der Waals surface area contributed by atoms with Crippen LogP contribution in [0.2, 0.25) is 0 Å². The molecule has 0 aliphatic carbocycles. The third-order valence-corrected chi connectivity index (χ3v) is 8.00. The van der Waals surface area contributed by atoms with Crippen molar-refractivity contribution < 1.29 is 23.9 Å². The molecule has 5 rings (SSSR count). The third kappa shape index (κ3) is 6.32. The number of allylic oxidation sites excluding steroid dienone is 1. The molecule has 1 aliphatic rings. The molecule has 3 aromatic carbocycles. The molecule has 0 spiro atoms. The number of hydrogen-bond acceptors (Lipinski definition) is 9. The van der Waals surface area contributed by atoms with E-state index < -0.39 is 16.9 Å². The number of non-ortho nitro benzene ring substituents is 1. The van der Waals surface area contributed by atoms with Gasteiger partial charge in [0.2, 0.25) is 0 Å². The van der Waals surface area contributed by atoms with Crippen molar-refractivity contribution in [2.45, 2.75) is 40.3 Å². The van der Waals surface area contributed by atoms with Gasteiger partial charge in [0.05, 0.1) is 40.0 Å². The number of benzene rings is 3. The molecule has 226 valence electrons. The fraction of sp³-hybridized carbons (Fsp3) is 0.242. The van der Waals surface area contributed by atoms with Gasteiger partial charge in [0.1, 0.15) is 6.61 Å². The zero-order chi connectivity index (χ0) is 31.4. The van der Waals surface area contributed by atoms with E-state index >= 15 is 0 Å². The van der Waals surface area contributed by atoms with Crippen LogP contribution >= 0.6 is 11.3 Å². The summed E-state index contributed by atoms with van der Waals surface area (Å²) in [6.45, 7) is 8.13. The van der Waals surface area contributed by atoms with Crippen LogP contribution in [-0.4, -0.2) is 28.7 Å². The summed E-state index contributed by atoms with van der Waals surface area (Å²) in [6, 6.07) is 18.6. The van der Waals surface area contributed by atoms with Gasteiger partial charge in [-0.2, -0.15) is 0 Å². The number of nitro benzene ring substituents is 1. The highest BCUT2D eigenvalue weighted by molar-refractivity contribution is 7.07. The van der Waals surface area contributed by atoms with E-state index in [0.717, 1.165) is 22.3 Å². The Morgan fingerprint density at radius 1 is 1.00 bits per heavy atom. The monoisotopic (exact) mass is 613 g/mol. The van der Waals surface area contributed by atoms with Crippen molar-refractivity contribution in [1.29, 1.82) is 0 Å². The summed E-state index contributed by atoms with van der Waals surface area (Å²) in [5, 5.41) is 10.9. The molecular formula is C33H31N3O7S. The molecule has 2 heterocycles. The maximum atomic E-state index is 13.9. The highest BCUT2D eigenvalue weighted by Gasteiger charge is 2.33. The lowest BCUT2D eigenvalue weighted by Gasteiger charge is -2.24. The maximum Gasteiger partial charge on any atom is 0.338 e. The van der Waals surface area contributed by atoms with E-state index in [1.54, 1.807) is 48.8 Å². The van der Waals surface area contributed by atoms with Crippen LogP contribution in [-0.2, 0) is 16.1 Å². The average Bonchev–Trinajstić information content (AvgIpc) is 3.30. The first-order valence-corrected chi connectivity index (χ1v) is 14.9. The molecule has 10 nitrogen and oxygen atoms in total. The van der Waals surface area contributed by atoms with Crippen LogP contribution in [0.15, 0.2) is 87.8 Å². The molecule has 0 fully saturated rings. The van der Waals surface area contributed by atoms with Gasteiger partial charge in [-0.25, -0.2) is 9.79 Å². The van der Waals surface area contributed by atoms with E-state index in [1.165, 1.54) is 23.5 Å². The van der Waals surface area contributed by atoms with Crippen LogP contribution in [0.1, 0.15) is 49.1 Å². The normalized spacial score (nSPS) is 14.5. The fourth-order valence-corrected chi connectivity index (χ4v) is 5.93. The van der Waals surface area contributed by atoms with E-state index in [4.69, 9.17) is 14.2 Å². The summed E-state index contributed by atoms with van der Waals surface area (Å²) in [5.74, 6) is 0.492. The highest BCUT2D eigenvalue weighted by atomic mass is 32.1. The van der Waals surface area contributed by atoms with E-state index in [-0.39, 0.29) is 24.5 Å². The number of nitrogens with zero attached hydrogens (tertiary/aromatic N) is 3. The lowest BCUT2D eigenvalue weighted by molar-refractivity contribution is -0.384. The van der Waals surface area contributed by atoms with Crippen molar-refractivity contribution in [1.82, 2.24) is 4.57 Å². The molecule has 0 saturated carbocycles. The molecule has 1 aromatic heterocycles. The second kappa shape index (κ2) is 13.1. The van der Waals surface area contributed by atoms with Crippen LogP contribution < -0.4 is 24.4 Å². The Bertz CT molecular complexity index is 1920. The lowest BCUT2D eigenvalue weighted by Crippen LogP contribution is -2.39. The van der Waals surface area contributed by atoms with E-state index in [9.17, 15) is 19.7 Å². The summed E-state index contributed by atoms with van der Waals surface area (Å²) in [4.78, 5) is 42.6. The van der Waals surface area contributed by atoms with Crippen molar-refractivity contribution in [2.24, 2.45) is 4.99 Å². The van der Waals surface area contributed by atoms with E-state index in [1.807, 2.05) is 44.2 Å². The number of fused-ring (bicyclic) bond motifs is 1. The average molecular weight is 614 g/mol. The van der Waals surface area contributed by atoms with Gasteiger partial charge in [-0.1, -0.05) is 47.2 Å². The Balaban J connectivity index is 1.51. The Labute approximate surface area is 257 Å². The summed E-state index contributed by atoms with van der Waals surface area (Å²) in [6.07, 6.45) is 1.77. The van der Waals surface area contributed by atoms with E-state index in [0.29, 0.717) is 38.7 Å². The van der Waals surface area contributed by atoms with Crippen LogP contribution in [0.4, 0.5) is 5.69 Å². The van der Waals surface area contributed by atoms with Crippen LogP contribution in [0.25, 0.3) is 6.08 Å². The second-order valence-corrected chi connectivity index (χ2v) is 11.1. The van der Waals surface area contributed by atoms with Crippen LogP contribution in [0.3, 0.4) is 0 Å². The van der Waals surface area contributed by atoms with Gasteiger partial charge in [0.15, 0.2) is 16.3 Å². The first kappa shape index (κ1) is 30.4. The van der Waals surface area contributed by atoms with Gasteiger partial charge in [0.25, 0.3) is 11.2 Å². The zero-order valence-electron chi connectivity index (χ0n) is 24.7. The summed E-state index contributed by atoms with van der Waals surface area (Å²) >= 11 is 1.25. The number of nitro groups is 1. The number of esters is 1. The van der Waals surface area contributed by atoms with Crippen LogP contribution in [0, 0.1) is 17.0 Å². The molecule has 1 aliphatic heterocycles. The molecule has 44 heavy (non-hydrogen) atoms. The molecular weight excluding hydrogens is 582 g/mol. The number of hydrogen-bond donors (Lipinski definition) is 0. The molecule has 0 unspecified atom stereocenters. The minimum atomic E-state index is -0.678. The first-order chi connectivity index (χ1) is 21.2. The molecule has 4 aromatic rings. The highest BCUT2D eigenvalue weighted by Crippen LogP contribution is 2.32. The lowest BCUT2D eigenvalue weighted by atomic mass is 9.95. The summed E-state index contributed by atoms with van der Waals surface area (Å²) in [7, 11) is 0. The second-order valence-electron chi connectivity index (χ2n) is 10.1. The van der Waals surface area contributed by atoms with E-state index in [2.05, 4.69) is 4.99 Å². The molecule has 0 bridgehead atoms. The topological polar surface area (TPSA) is 122 Å². The fourth-order valence-electron chi connectivity index (χ4n) is 4.88. The Morgan fingerprint density at radius 3 is 2.39 bits per heavy atom. The first-order valence-electron chi connectivity index (χ1n) is 14.1. The number of ether oxygens (including phenoxy) is 3. The van der Waals surface area contributed by atoms with Gasteiger partial charge in [-0.05, 0) is 74.7 Å². The minimum absolute atomic E-state index is 0.0100. The molecule has 0 amide bonds. The molecule has 11 heteroatoms. The molecule has 0 radical (unpaired) electrons. The van der Waals surface area contributed by atoms with Gasteiger partial charge in [-0.3, -0.25) is 19.5 Å². The van der Waals surface area contributed by atoms with Crippen molar-refractivity contribution in [2.75, 3.05) is 13.2 Å². The molecule has 0 N–H and O–H groups in total. The SMILES string of the molecule is CCOC(=O)C1=C(C)N=c2s/c(=C\c3ccc(OCc4ccc([N+](=O)[O-])cc4)c(OCC)c3)c(=O)n2[C@@H]1c1ccc(C)cc1. The molecule has 0 saturated heterocycles. The zero-order valence-corrected chi connectivity index (χ0v) is 25.6. The minimum Gasteiger partial charge on any atom is -0.490 e. The predicted molar refractivity (Wildman–Crippen MR) is 167 cm³/mol. The number of thiazole rings is 1. The van der Waals surface area contributed by atoms with Crippen molar-refractivity contribution in [3.63, 3.8) is 0 Å². The largest absolute Gasteiger partial charge is 0.490 e. The maximum absolute atomic E-state index is 13.9. The number of aromatic nitrogens is 1.